The SMILES string of the molecule is C[C@@H]1C[C@H](F)[C@@H](O)C[C@@H]1C. The van der Waals surface area contributed by atoms with Crippen LogP contribution in [-0.2, 0) is 0 Å². The van der Waals surface area contributed by atoms with Crippen molar-refractivity contribution in [3.63, 3.8) is 0 Å². The summed E-state index contributed by atoms with van der Waals surface area (Å²) in [6.07, 6.45) is -0.526. The summed E-state index contributed by atoms with van der Waals surface area (Å²) >= 11 is 0. The fourth-order valence-corrected chi connectivity index (χ4v) is 1.51. The van der Waals surface area contributed by atoms with Crippen molar-refractivity contribution in [1.82, 2.24) is 0 Å². The molecule has 0 aromatic rings. The third-order valence-electron chi connectivity index (χ3n) is 2.60. The average molecular weight is 146 g/mol. The van der Waals surface area contributed by atoms with E-state index in [1.54, 1.807) is 0 Å². The number of aliphatic hydroxyl groups excluding tert-OH is 1. The normalized spacial score (nSPS) is 49.2. The van der Waals surface area contributed by atoms with Gasteiger partial charge in [0.15, 0.2) is 0 Å². The Labute approximate surface area is 61.2 Å². The molecule has 0 unspecified atom stereocenters. The first-order chi connectivity index (χ1) is 4.61. The van der Waals surface area contributed by atoms with Gasteiger partial charge in [0.1, 0.15) is 6.17 Å². The second-order valence-electron chi connectivity index (χ2n) is 3.51. The van der Waals surface area contributed by atoms with Crippen LogP contribution in [0.3, 0.4) is 0 Å². The predicted octanol–water partition coefficient (Wildman–Crippen LogP) is 1.75. The molecule has 0 saturated heterocycles. The average Bonchev–Trinajstić information content (AvgIpc) is 1.84. The molecule has 0 aromatic heterocycles. The molecule has 0 bridgehead atoms. The van der Waals surface area contributed by atoms with Gasteiger partial charge in [-0.05, 0) is 24.7 Å². The molecule has 1 rings (SSSR count). The maximum atomic E-state index is 12.8. The van der Waals surface area contributed by atoms with Crippen LogP contribution in [0.2, 0.25) is 0 Å². The van der Waals surface area contributed by atoms with E-state index in [9.17, 15) is 4.39 Å². The van der Waals surface area contributed by atoms with Crippen molar-refractivity contribution in [3.05, 3.63) is 0 Å². The molecule has 0 aromatic carbocycles. The number of alkyl halides is 1. The minimum atomic E-state index is -0.980. The quantitative estimate of drug-likeness (QED) is 0.552. The van der Waals surface area contributed by atoms with Crippen molar-refractivity contribution < 1.29 is 9.50 Å². The van der Waals surface area contributed by atoms with Crippen LogP contribution in [-0.4, -0.2) is 17.4 Å². The second kappa shape index (κ2) is 2.87. The minimum absolute atomic E-state index is 0.429. The highest BCUT2D eigenvalue weighted by Gasteiger charge is 2.31. The summed E-state index contributed by atoms with van der Waals surface area (Å²) in [5.41, 5.74) is 0. The maximum absolute atomic E-state index is 12.8. The number of halogens is 1. The molecule has 4 atom stereocenters. The van der Waals surface area contributed by atoms with Crippen LogP contribution in [0.25, 0.3) is 0 Å². The van der Waals surface area contributed by atoms with Gasteiger partial charge in [-0.15, -0.1) is 0 Å². The van der Waals surface area contributed by atoms with Crippen LogP contribution < -0.4 is 0 Å². The number of hydrogen-bond donors (Lipinski definition) is 1. The summed E-state index contributed by atoms with van der Waals surface area (Å²) in [6, 6.07) is 0. The molecule has 0 spiro atoms. The topological polar surface area (TPSA) is 20.2 Å². The highest BCUT2D eigenvalue weighted by atomic mass is 19.1. The lowest BCUT2D eigenvalue weighted by Crippen LogP contribution is -2.34. The summed E-state index contributed by atoms with van der Waals surface area (Å²) < 4.78 is 12.8. The summed E-state index contributed by atoms with van der Waals surface area (Å²) in [6.45, 7) is 4.11. The van der Waals surface area contributed by atoms with Gasteiger partial charge in [0, 0.05) is 0 Å². The molecule has 1 nitrogen and oxygen atoms in total. The molecule has 0 aliphatic heterocycles. The largest absolute Gasteiger partial charge is 0.390 e. The van der Waals surface area contributed by atoms with Crippen LogP contribution in [0.15, 0.2) is 0 Å². The van der Waals surface area contributed by atoms with Crippen molar-refractivity contribution in [2.24, 2.45) is 11.8 Å². The van der Waals surface area contributed by atoms with E-state index in [1.807, 2.05) is 6.92 Å². The third kappa shape index (κ3) is 1.48. The molecule has 1 saturated carbocycles. The molecular weight excluding hydrogens is 131 g/mol. The summed E-state index contributed by atoms with van der Waals surface area (Å²) in [5.74, 6) is 0.903. The van der Waals surface area contributed by atoms with Gasteiger partial charge in [-0.2, -0.15) is 0 Å². The molecule has 1 aliphatic carbocycles. The number of aliphatic hydroxyl groups is 1. The number of hydrogen-bond acceptors (Lipinski definition) is 1. The van der Waals surface area contributed by atoms with Crippen molar-refractivity contribution in [2.75, 3.05) is 0 Å². The van der Waals surface area contributed by atoms with Crippen LogP contribution >= 0.6 is 0 Å². The molecular formula is C8H15FO. The monoisotopic (exact) mass is 146 g/mol. The van der Waals surface area contributed by atoms with Crippen LogP contribution in [0.5, 0.6) is 0 Å². The van der Waals surface area contributed by atoms with Crippen LogP contribution in [0.4, 0.5) is 4.39 Å². The zero-order valence-electron chi connectivity index (χ0n) is 6.55. The lowest BCUT2D eigenvalue weighted by molar-refractivity contribution is 0.00437. The first kappa shape index (κ1) is 7.99. The molecule has 10 heavy (non-hydrogen) atoms. The van der Waals surface area contributed by atoms with Gasteiger partial charge in [0.25, 0.3) is 0 Å². The molecule has 1 aliphatic rings. The van der Waals surface area contributed by atoms with E-state index in [-0.39, 0.29) is 0 Å². The standard InChI is InChI=1S/C8H15FO/c1-5-3-7(9)8(10)4-6(5)2/h5-8,10H,3-4H2,1-2H3/t5-,6+,7+,8+/m1/s1. The van der Waals surface area contributed by atoms with E-state index >= 15 is 0 Å². The molecule has 0 amide bonds. The second-order valence-corrected chi connectivity index (χ2v) is 3.51. The van der Waals surface area contributed by atoms with Gasteiger partial charge in [-0.3, -0.25) is 0 Å². The molecule has 2 heteroatoms. The summed E-state index contributed by atoms with van der Waals surface area (Å²) in [5, 5.41) is 9.09. The van der Waals surface area contributed by atoms with E-state index < -0.39 is 12.3 Å². The fraction of sp³-hybridized carbons (Fsp3) is 1.00. The molecule has 1 N–H and O–H groups in total. The Hall–Kier alpha value is -0.110. The van der Waals surface area contributed by atoms with E-state index in [0.29, 0.717) is 24.7 Å². The smallest absolute Gasteiger partial charge is 0.126 e. The Balaban J connectivity index is 2.46. The van der Waals surface area contributed by atoms with Crippen LogP contribution in [0.1, 0.15) is 26.7 Å². The summed E-state index contributed by atoms with van der Waals surface area (Å²) in [4.78, 5) is 0. The molecule has 60 valence electrons. The first-order valence-electron chi connectivity index (χ1n) is 3.93. The maximum Gasteiger partial charge on any atom is 0.126 e. The minimum Gasteiger partial charge on any atom is -0.390 e. The van der Waals surface area contributed by atoms with Gasteiger partial charge in [0.2, 0.25) is 0 Å². The van der Waals surface area contributed by atoms with Crippen LogP contribution in [0, 0.1) is 11.8 Å². The zero-order chi connectivity index (χ0) is 7.72. The van der Waals surface area contributed by atoms with E-state index in [0.717, 1.165) is 0 Å². The van der Waals surface area contributed by atoms with Crippen molar-refractivity contribution in [3.8, 4) is 0 Å². The summed E-state index contributed by atoms with van der Waals surface area (Å²) in [7, 11) is 0. The Morgan fingerprint density at radius 2 is 1.70 bits per heavy atom. The Bertz CT molecular complexity index is 89.8. The predicted molar refractivity (Wildman–Crippen MR) is 38.5 cm³/mol. The van der Waals surface area contributed by atoms with Gasteiger partial charge in [-0.25, -0.2) is 4.39 Å². The molecule has 0 radical (unpaired) electrons. The Morgan fingerprint density at radius 1 is 1.20 bits per heavy atom. The van der Waals surface area contributed by atoms with Gasteiger partial charge in [0.05, 0.1) is 6.10 Å². The number of rotatable bonds is 0. The van der Waals surface area contributed by atoms with Gasteiger partial charge in [-0.1, -0.05) is 13.8 Å². The third-order valence-corrected chi connectivity index (χ3v) is 2.60. The lowest BCUT2D eigenvalue weighted by Gasteiger charge is -2.31. The first-order valence-corrected chi connectivity index (χ1v) is 3.93. The molecule has 0 heterocycles. The highest BCUT2D eigenvalue weighted by molar-refractivity contribution is 4.81. The fourth-order valence-electron chi connectivity index (χ4n) is 1.51. The van der Waals surface area contributed by atoms with Crippen molar-refractivity contribution in [1.29, 1.82) is 0 Å². The van der Waals surface area contributed by atoms with E-state index in [4.69, 9.17) is 5.11 Å². The highest BCUT2D eigenvalue weighted by Crippen LogP contribution is 2.31. The molecule has 1 fully saturated rings. The van der Waals surface area contributed by atoms with Crippen molar-refractivity contribution >= 4 is 0 Å². The zero-order valence-corrected chi connectivity index (χ0v) is 6.55. The lowest BCUT2D eigenvalue weighted by atomic mass is 9.79. The van der Waals surface area contributed by atoms with Gasteiger partial charge < -0.3 is 5.11 Å². The van der Waals surface area contributed by atoms with Gasteiger partial charge >= 0.3 is 0 Å². The Morgan fingerprint density at radius 3 is 2.20 bits per heavy atom. The van der Waals surface area contributed by atoms with E-state index in [1.165, 1.54) is 0 Å². The van der Waals surface area contributed by atoms with Crippen molar-refractivity contribution in [2.45, 2.75) is 39.0 Å². The van der Waals surface area contributed by atoms with E-state index in [2.05, 4.69) is 6.92 Å². The Kier molecular flexibility index (Phi) is 2.29.